The van der Waals surface area contributed by atoms with Gasteiger partial charge in [-0.3, -0.25) is 9.59 Å². The van der Waals surface area contributed by atoms with Crippen molar-refractivity contribution < 1.29 is 9.59 Å². The van der Waals surface area contributed by atoms with Crippen molar-refractivity contribution in [3.05, 3.63) is 70.4 Å². The average molecular weight is 422 g/mol. The number of nitrogens with one attached hydrogen (secondary N) is 2. The van der Waals surface area contributed by atoms with Gasteiger partial charge in [0.15, 0.2) is 5.13 Å². The van der Waals surface area contributed by atoms with E-state index in [2.05, 4.69) is 15.6 Å². The smallest absolute Gasteiger partial charge is 0.245 e. The predicted octanol–water partition coefficient (Wildman–Crippen LogP) is 4.63. The molecule has 2 aromatic carbocycles. The van der Waals surface area contributed by atoms with E-state index in [4.69, 9.17) is 0 Å². The number of hydrogen-bond acceptors (Lipinski definition) is 5. The first-order chi connectivity index (χ1) is 14.1. The zero-order chi connectivity index (χ0) is 20.2. The lowest BCUT2D eigenvalue weighted by Crippen LogP contribution is -2.33. The van der Waals surface area contributed by atoms with E-state index in [1.807, 2.05) is 66.9 Å². The molecule has 5 nitrogen and oxygen atoms in total. The molecule has 0 aliphatic rings. The molecule has 0 atom stereocenters. The molecule has 29 heavy (non-hydrogen) atoms. The fourth-order valence-electron chi connectivity index (χ4n) is 3.04. The van der Waals surface area contributed by atoms with Crippen molar-refractivity contribution in [3.63, 3.8) is 0 Å². The molecule has 2 amide bonds. The molecule has 0 bridgehead atoms. The number of fused-ring (bicyclic) bond motifs is 1. The van der Waals surface area contributed by atoms with Crippen LogP contribution in [0.1, 0.15) is 10.4 Å². The Morgan fingerprint density at radius 2 is 1.83 bits per heavy atom. The minimum atomic E-state index is -0.292. The van der Waals surface area contributed by atoms with Crippen LogP contribution in [0.3, 0.4) is 0 Å². The summed E-state index contributed by atoms with van der Waals surface area (Å²) in [5.41, 5.74) is 1.79. The van der Waals surface area contributed by atoms with Crippen molar-refractivity contribution in [1.82, 2.24) is 10.3 Å². The Labute approximate surface area is 176 Å². The number of aromatic nitrogens is 1. The fraction of sp³-hybridized carbons (Fsp3) is 0.136. The molecule has 146 valence electrons. The second-order valence-corrected chi connectivity index (χ2v) is 8.73. The Hall–Kier alpha value is -3.03. The molecule has 7 heteroatoms. The van der Waals surface area contributed by atoms with E-state index in [0.29, 0.717) is 5.13 Å². The first kappa shape index (κ1) is 19.3. The molecule has 4 aromatic rings. The van der Waals surface area contributed by atoms with Gasteiger partial charge in [0.2, 0.25) is 11.8 Å². The number of rotatable bonds is 6. The number of anilines is 1. The largest absolute Gasteiger partial charge is 0.347 e. The lowest BCUT2D eigenvalue weighted by molar-refractivity contribution is -0.123. The normalized spacial score (nSPS) is 10.8. The van der Waals surface area contributed by atoms with Crippen LogP contribution in [0.2, 0.25) is 0 Å². The Morgan fingerprint density at radius 3 is 2.66 bits per heavy atom. The standard InChI is InChI=1S/C22H19N3O2S2/c1-14-9-10-19(29-14)18-13-28-22(24-18)25-21(27)12-23-20(26)11-16-7-4-6-15-5-2-3-8-17(15)16/h2-10,13H,11-12H2,1H3,(H,23,26)(H,24,25,27). The van der Waals surface area contributed by atoms with Gasteiger partial charge < -0.3 is 10.6 Å². The first-order valence-electron chi connectivity index (χ1n) is 9.14. The predicted molar refractivity (Wildman–Crippen MR) is 119 cm³/mol. The van der Waals surface area contributed by atoms with Crippen LogP contribution in [0, 0.1) is 6.92 Å². The molecule has 0 saturated carbocycles. The van der Waals surface area contributed by atoms with Gasteiger partial charge in [-0.1, -0.05) is 42.5 Å². The number of thiophene rings is 1. The number of nitrogens with zero attached hydrogens (tertiary/aromatic N) is 1. The van der Waals surface area contributed by atoms with Gasteiger partial charge in [-0.2, -0.15) is 0 Å². The third kappa shape index (κ3) is 4.70. The number of hydrogen-bond donors (Lipinski definition) is 2. The Balaban J connectivity index is 1.31. The van der Waals surface area contributed by atoms with E-state index in [0.717, 1.165) is 26.9 Å². The summed E-state index contributed by atoms with van der Waals surface area (Å²) in [6.07, 6.45) is 0.230. The molecule has 2 N–H and O–H groups in total. The second kappa shape index (κ2) is 8.55. The highest BCUT2D eigenvalue weighted by atomic mass is 32.1. The molecule has 0 fully saturated rings. The van der Waals surface area contributed by atoms with Gasteiger partial charge in [-0.05, 0) is 35.4 Å². The zero-order valence-corrected chi connectivity index (χ0v) is 17.4. The van der Waals surface area contributed by atoms with Crippen LogP contribution in [0.4, 0.5) is 5.13 Å². The number of amides is 2. The van der Waals surface area contributed by atoms with Crippen LogP contribution in [-0.4, -0.2) is 23.3 Å². The van der Waals surface area contributed by atoms with Gasteiger partial charge in [-0.15, -0.1) is 22.7 Å². The summed E-state index contributed by atoms with van der Waals surface area (Å²) < 4.78 is 0. The molecular formula is C22H19N3O2S2. The quantitative estimate of drug-likeness (QED) is 0.477. The lowest BCUT2D eigenvalue weighted by atomic mass is 10.0. The second-order valence-electron chi connectivity index (χ2n) is 6.59. The SMILES string of the molecule is Cc1ccc(-c2csc(NC(=O)CNC(=O)Cc3cccc4ccccc34)n2)s1. The number of aryl methyl sites for hydroxylation is 1. The third-order valence-corrected chi connectivity index (χ3v) is 6.20. The maximum absolute atomic E-state index is 12.3. The Morgan fingerprint density at radius 1 is 1.00 bits per heavy atom. The van der Waals surface area contributed by atoms with Crippen molar-refractivity contribution in [2.75, 3.05) is 11.9 Å². The minimum Gasteiger partial charge on any atom is -0.347 e. The van der Waals surface area contributed by atoms with Crippen molar-refractivity contribution in [1.29, 1.82) is 0 Å². The van der Waals surface area contributed by atoms with E-state index >= 15 is 0 Å². The van der Waals surface area contributed by atoms with Crippen molar-refractivity contribution >= 4 is 50.4 Å². The Bertz CT molecular complexity index is 1170. The summed E-state index contributed by atoms with van der Waals surface area (Å²) >= 11 is 3.03. The van der Waals surface area contributed by atoms with E-state index in [-0.39, 0.29) is 24.8 Å². The van der Waals surface area contributed by atoms with Crippen molar-refractivity contribution in [2.45, 2.75) is 13.3 Å². The van der Waals surface area contributed by atoms with Crippen LogP contribution in [-0.2, 0) is 16.0 Å². The molecular weight excluding hydrogens is 402 g/mol. The van der Waals surface area contributed by atoms with Gasteiger partial charge in [0, 0.05) is 10.3 Å². The van der Waals surface area contributed by atoms with Crippen molar-refractivity contribution in [2.24, 2.45) is 0 Å². The highest BCUT2D eigenvalue weighted by molar-refractivity contribution is 7.17. The average Bonchev–Trinajstić information content (AvgIpc) is 3.35. The highest BCUT2D eigenvalue weighted by Crippen LogP contribution is 2.30. The fourth-order valence-corrected chi connectivity index (χ4v) is 4.67. The van der Waals surface area contributed by atoms with E-state index in [1.165, 1.54) is 16.2 Å². The minimum absolute atomic E-state index is 0.0867. The van der Waals surface area contributed by atoms with E-state index in [1.54, 1.807) is 11.3 Å². The third-order valence-electron chi connectivity index (χ3n) is 4.42. The molecule has 0 aliphatic heterocycles. The van der Waals surface area contributed by atoms with Gasteiger partial charge >= 0.3 is 0 Å². The summed E-state index contributed by atoms with van der Waals surface area (Å²) in [5.74, 6) is -0.482. The number of thiazole rings is 1. The molecule has 0 aliphatic carbocycles. The van der Waals surface area contributed by atoms with E-state index < -0.39 is 0 Å². The van der Waals surface area contributed by atoms with Crippen LogP contribution in [0.15, 0.2) is 60.0 Å². The lowest BCUT2D eigenvalue weighted by Gasteiger charge is -2.08. The monoisotopic (exact) mass is 421 g/mol. The maximum Gasteiger partial charge on any atom is 0.245 e. The van der Waals surface area contributed by atoms with Gasteiger partial charge in [0.25, 0.3) is 0 Å². The molecule has 0 unspecified atom stereocenters. The Kier molecular flexibility index (Phi) is 5.69. The van der Waals surface area contributed by atoms with Crippen LogP contribution < -0.4 is 10.6 Å². The summed E-state index contributed by atoms with van der Waals surface area (Å²) in [5, 5.41) is 10.0. The topological polar surface area (TPSA) is 71.1 Å². The molecule has 0 radical (unpaired) electrons. The summed E-state index contributed by atoms with van der Waals surface area (Å²) in [6.45, 7) is 1.96. The van der Waals surface area contributed by atoms with Crippen LogP contribution in [0.5, 0.6) is 0 Å². The number of carbonyl (C=O) groups excluding carboxylic acids is 2. The van der Waals surface area contributed by atoms with Crippen LogP contribution >= 0.6 is 22.7 Å². The summed E-state index contributed by atoms with van der Waals surface area (Å²) in [7, 11) is 0. The highest BCUT2D eigenvalue weighted by Gasteiger charge is 2.11. The van der Waals surface area contributed by atoms with Gasteiger partial charge in [0.1, 0.15) is 0 Å². The maximum atomic E-state index is 12.3. The number of carbonyl (C=O) groups is 2. The first-order valence-corrected chi connectivity index (χ1v) is 10.8. The zero-order valence-electron chi connectivity index (χ0n) is 15.8. The molecule has 4 rings (SSSR count). The number of benzene rings is 2. The van der Waals surface area contributed by atoms with Crippen LogP contribution in [0.25, 0.3) is 21.3 Å². The van der Waals surface area contributed by atoms with Crippen molar-refractivity contribution in [3.8, 4) is 10.6 Å². The van der Waals surface area contributed by atoms with Gasteiger partial charge in [-0.25, -0.2) is 4.98 Å². The summed E-state index contributed by atoms with van der Waals surface area (Å²) in [4.78, 5) is 31.2. The molecule has 0 saturated heterocycles. The molecule has 2 aromatic heterocycles. The van der Waals surface area contributed by atoms with Gasteiger partial charge in [0.05, 0.1) is 23.5 Å². The molecule has 2 heterocycles. The molecule has 0 spiro atoms. The van der Waals surface area contributed by atoms with E-state index in [9.17, 15) is 9.59 Å². The summed E-state index contributed by atoms with van der Waals surface area (Å²) in [6, 6.07) is 17.9.